The van der Waals surface area contributed by atoms with Crippen LogP contribution in [0.4, 0.5) is 18.9 Å². The lowest BCUT2D eigenvalue weighted by atomic mass is 9.93. The van der Waals surface area contributed by atoms with Gasteiger partial charge in [0.15, 0.2) is 0 Å². The van der Waals surface area contributed by atoms with E-state index in [4.69, 9.17) is 4.74 Å². The average Bonchev–Trinajstić information content (AvgIpc) is 3.16. The Morgan fingerprint density at radius 3 is 2.33 bits per heavy atom. The highest BCUT2D eigenvalue weighted by atomic mass is 19.4. The van der Waals surface area contributed by atoms with Crippen LogP contribution < -0.4 is 9.75 Å². The summed E-state index contributed by atoms with van der Waals surface area (Å²) in [4.78, 5) is 11.7. The van der Waals surface area contributed by atoms with Crippen LogP contribution in [0.2, 0.25) is 0 Å². The summed E-state index contributed by atoms with van der Waals surface area (Å²) < 4.78 is 45.8. The van der Waals surface area contributed by atoms with Crippen molar-refractivity contribution in [2.45, 2.75) is 45.8 Å². The lowest BCUT2D eigenvalue weighted by molar-refractivity contribution is -0.117. The maximum atomic E-state index is 13.5. The Bertz CT molecular complexity index is 1280. The van der Waals surface area contributed by atoms with Gasteiger partial charge in [0.25, 0.3) is 0 Å². The van der Waals surface area contributed by atoms with Gasteiger partial charge in [-0.1, -0.05) is 49.4 Å². The third-order valence-corrected chi connectivity index (χ3v) is 6.67. The fourth-order valence-electron chi connectivity index (χ4n) is 4.66. The summed E-state index contributed by atoms with van der Waals surface area (Å²) in [7, 11) is 1.65. The van der Waals surface area contributed by atoms with Gasteiger partial charge in [0.2, 0.25) is 0 Å². The molecule has 7 heteroatoms. The van der Waals surface area contributed by atoms with Crippen LogP contribution in [0, 0.1) is 12.8 Å². The zero-order chi connectivity index (χ0) is 26.0. The molecule has 3 aromatic carbocycles. The number of aryl methyl sites for hydroxylation is 1. The standard InChI is InChI=1S/C29H29F3N2O2/c1-18-14-24(23-6-5-7-26(17-23)36-4)11-10-22(18)16-21-8-12-25(13-9-21)34-27(15-19(2)35)20(3)28(33-34)29(30,31)32/h5-14,17,20,27H,15-16H2,1-4H3/t20-,27-/m0/s1. The largest absolute Gasteiger partial charge is 0.497 e. The molecule has 0 bridgehead atoms. The molecule has 4 rings (SSSR count). The van der Waals surface area contributed by atoms with Gasteiger partial charge in [-0.05, 0) is 72.4 Å². The number of Topliss-reactive ketones (excluding diaryl/α,β-unsaturated/α-hetero) is 1. The van der Waals surface area contributed by atoms with Crippen LogP contribution in [-0.2, 0) is 11.2 Å². The summed E-state index contributed by atoms with van der Waals surface area (Å²) in [5.74, 6) is -0.252. The summed E-state index contributed by atoms with van der Waals surface area (Å²) >= 11 is 0. The first-order valence-electron chi connectivity index (χ1n) is 11.8. The number of ketones is 1. The normalized spacial score (nSPS) is 17.8. The van der Waals surface area contributed by atoms with Crippen LogP contribution >= 0.6 is 0 Å². The smallest absolute Gasteiger partial charge is 0.431 e. The van der Waals surface area contributed by atoms with Crippen LogP contribution in [0.15, 0.2) is 71.8 Å². The predicted octanol–water partition coefficient (Wildman–Crippen LogP) is 6.98. The number of hydrogen-bond acceptors (Lipinski definition) is 4. The van der Waals surface area contributed by atoms with Crippen molar-refractivity contribution in [1.29, 1.82) is 0 Å². The number of carbonyl (C=O) groups excluding carboxylic acids is 1. The Morgan fingerprint density at radius 2 is 1.72 bits per heavy atom. The third kappa shape index (κ3) is 5.45. The first-order chi connectivity index (χ1) is 17.1. The first-order valence-corrected chi connectivity index (χ1v) is 11.8. The summed E-state index contributed by atoms with van der Waals surface area (Å²) in [5, 5.41) is 5.24. The number of methoxy groups -OCH3 is 1. The van der Waals surface area contributed by atoms with E-state index in [0.29, 0.717) is 12.1 Å². The van der Waals surface area contributed by atoms with Gasteiger partial charge in [0, 0.05) is 12.3 Å². The number of alkyl halides is 3. The molecule has 0 aliphatic carbocycles. The highest BCUT2D eigenvalue weighted by Crippen LogP contribution is 2.36. The molecule has 3 aromatic rings. The number of ether oxygens (including phenoxy) is 1. The molecule has 36 heavy (non-hydrogen) atoms. The number of halogens is 3. The monoisotopic (exact) mass is 494 g/mol. The van der Waals surface area contributed by atoms with Gasteiger partial charge in [-0.3, -0.25) is 9.80 Å². The minimum Gasteiger partial charge on any atom is -0.497 e. The topological polar surface area (TPSA) is 41.9 Å². The second kappa shape index (κ2) is 10.2. The molecule has 0 spiro atoms. The summed E-state index contributed by atoms with van der Waals surface area (Å²) in [6, 6.07) is 20.9. The van der Waals surface area contributed by atoms with E-state index in [1.54, 1.807) is 19.2 Å². The van der Waals surface area contributed by atoms with Crippen molar-refractivity contribution in [3.8, 4) is 16.9 Å². The average molecular weight is 495 g/mol. The number of anilines is 1. The molecular formula is C29H29F3N2O2. The molecule has 1 aliphatic rings. The van der Waals surface area contributed by atoms with E-state index in [1.165, 1.54) is 18.9 Å². The van der Waals surface area contributed by atoms with Crippen molar-refractivity contribution in [3.05, 3.63) is 83.4 Å². The van der Waals surface area contributed by atoms with Crippen LogP contribution in [-0.4, -0.2) is 30.8 Å². The molecule has 0 unspecified atom stereocenters. The van der Waals surface area contributed by atoms with Gasteiger partial charge in [0.05, 0.1) is 18.8 Å². The molecule has 0 amide bonds. The van der Waals surface area contributed by atoms with Crippen LogP contribution in [0.1, 0.15) is 37.0 Å². The van der Waals surface area contributed by atoms with Crippen molar-refractivity contribution >= 4 is 17.2 Å². The molecule has 0 fully saturated rings. The van der Waals surface area contributed by atoms with Crippen LogP contribution in [0.5, 0.6) is 5.75 Å². The zero-order valence-electron chi connectivity index (χ0n) is 20.8. The highest BCUT2D eigenvalue weighted by molar-refractivity contribution is 5.96. The van der Waals surface area contributed by atoms with E-state index >= 15 is 0 Å². The van der Waals surface area contributed by atoms with Crippen LogP contribution in [0.25, 0.3) is 11.1 Å². The van der Waals surface area contributed by atoms with Gasteiger partial charge in [-0.15, -0.1) is 0 Å². The number of hydrazone groups is 1. The summed E-state index contributed by atoms with van der Waals surface area (Å²) in [6.07, 6.45) is -3.84. The van der Waals surface area contributed by atoms with E-state index in [1.807, 2.05) is 36.4 Å². The number of hydrogen-bond donors (Lipinski definition) is 0. The predicted molar refractivity (Wildman–Crippen MR) is 137 cm³/mol. The molecule has 1 aliphatic heterocycles. The van der Waals surface area contributed by atoms with Gasteiger partial charge >= 0.3 is 6.18 Å². The van der Waals surface area contributed by atoms with Crippen molar-refractivity contribution in [2.75, 3.05) is 12.1 Å². The molecule has 0 radical (unpaired) electrons. The molecule has 1 heterocycles. The van der Waals surface area contributed by atoms with Gasteiger partial charge in [-0.2, -0.15) is 18.3 Å². The molecule has 2 atom stereocenters. The Labute approximate surface area is 209 Å². The van der Waals surface area contributed by atoms with Gasteiger partial charge in [-0.25, -0.2) is 0 Å². The molecule has 4 nitrogen and oxygen atoms in total. The summed E-state index contributed by atoms with van der Waals surface area (Å²) in [5.41, 5.74) is 5.22. The maximum absolute atomic E-state index is 13.5. The van der Waals surface area contributed by atoms with Gasteiger partial charge in [0.1, 0.15) is 17.2 Å². The molecule has 0 saturated heterocycles. The minimum absolute atomic E-state index is 0.00479. The van der Waals surface area contributed by atoms with E-state index in [2.05, 4.69) is 30.2 Å². The lowest BCUT2D eigenvalue weighted by Gasteiger charge is -2.26. The Kier molecular flexibility index (Phi) is 7.20. The Hall–Kier alpha value is -3.61. The maximum Gasteiger partial charge on any atom is 0.431 e. The molecule has 0 aromatic heterocycles. The minimum atomic E-state index is -4.53. The van der Waals surface area contributed by atoms with E-state index in [9.17, 15) is 18.0 Å². The summed E-state index contributed by atoms with van der Waals surface area (Å²) in [6.45, 7) is 4.94. The number of nitrogens with zero attached hydrogens (tertiary/aromatic N) is 2. The Morgan fingerprint density at radius 1 is 1.03 bits per heavy atom. The zero-order valence-corrected chi connectivity index (χ0v) is 20.8. The highest BCUT2D eigenvalue weighted by Gasteiger charge is 2.48. The number of carbonyl (C=O) groups is 1. The SMILES string of the molecule is COc1cccc(-c2ccc(Cc3ccc(N4N=C(C(F)(F)F)[C@@H](C)[C@@H]4CC(C)=O)cc3)c(C)c2)c1. The molecule has 0 N–H and O–H groups in total. The van der Waals surface area contributed by atoms with E-state index in [0.717, 1.165) is 33.6 Å². The quantitative estimate of drug-likeness (QED) is 0.356. The molecule has 0 saturated carbocycles. The number of benzene rings is 3. The first kappa shape index (κ1) is 25.5. The second-order valence-corrected chi connectivity index (χ2v) is 9.31. The Balaban J connectivity index is 1.54. The van der Waals surface area contributed by atoms with Crippen molar-refractivity contribution in [3.63, 3.8) is 0 Å². The lowest BCUT2D eigenvalue weighted by Crippen LogP contribution is -2.36. The van der Waals surface area contributed by atoms with Crippen molar-refractivity contribution < 1.29 is 22.7 Å². The number of rotatable bonds is 7. The second-order valence-electron chi connectivity index (χ2n) is 9.31. The fourth-order valence-corrected chi connectivity index (χ4v) is 4.66. The fraction of sp³-hybridized carbons (Fsp3) is 0.310. The van der Waals surface area contributed by atoms with Crippen molar-refractivity contribution in [2.24, 2.45) is 11.0 Å². The van der Waals surface area contributed by atoms with Crippen molar-refractivity contribution in [1.82, 2.24) is 0 Å². The third-order valence-electron chi connectivity index (χ3n) is 6.67. The van der Waals surface area contributed by atoms with E-state index in [-0.39, 0.29) is 12.2 Å². The van der Waals surface area contributed by atoms with Crippen LogP contribution in [0.3, 0.4) is 0 Å². The van der Waals surface area contributed by atoms with Gasteiger partial charge < -0.3 is 4.74 Å². The molecule has 188 valence electrons. The molecular weight excluding hydrogens is 465 g/mol. The van der Waals surface area contributed by atoms with E-state index < -0.39 is 23.8 Å².